The lowest BCUT2D eigenvalue weighted by atomic mass is 10.1. The first-order valence-corrected chi connectivity index (χ1v) is 28.1. The normalized spacial score (nSPS) is 14.8. The Bertz CT molecular complexity index is 3670. The number of rotatable bonds is 9. The number of halogens is 6. The standard InChI is InChI=1S/C23H24F2N4O4.C20H19F2N3O4.C19H17F2N3O4/c24-17-3-1-2-16(14-17)21(30)27-6-8-29(9-7-27)23(32)26-18-4-5-19(20(25)15-18)22(31)28-10-12-33-13-11-28;1-29-19(27)16-6-5-15(12-17(16)22)23-20(28)25-9-7-24(8-10-25)18(26)13-3-2-4-14(21)11-13;20-13-3-1-2-12(10-13)17(25)23-6-8-24(9-7-23)19(28)22-14-4-5-15(18(26)27)16(21)11-14/h1-5,14-15H,6-13H2,(H,26,32);2-6,11-12H,7-10H2,1H3,(H,23,28);1-5,10-11H,6-9H2,(H,22,28)(H,26,27). The van der Waals surface area contributed by atoms with E-state index in [0.717, 1.165) is 37.4 Å². The van der Waals surface area contributed by atoms with Gasteiger partial charge < -0.3 is 64.8 Å². The molecule has 22 nitrogen and oxygen atoms in total. The number of piperazine rings is 3. The number of ether oxygens (including phenoxy) is 2. The third-order valence-electron chi connectivity index (χ3n) is 14.6. The van der Waals surface area contributed by atoms with Gasteiger partial charge in [0, 0.05) is 125 Å². The Labute approximate surface area is 511 Å². The molecule has 4 N–H and O–H groups in total. The van der Waals surface area contributed by atoms with Crippen molar-refractivity contribution in [1.82, 2.24) is 34.3 Å². The number of carbonyl (C=O) groups excluding carboxylic acids is 8. The van der Waals surface area contributed by atoms with E-state index in [9.17, 15) is 69.5 Å². The van der Waals surface area contributed by atoms with Crippen LogP contribution >= 0.6 is 0 Å². The summed E-state index contributed by atoms with van der Waals surface area (Å²) >= 11 is 0. The second kappa shape index (κ2) is 30.4. The van der Waals surface area contributed by atoms with Gasteiger partial charge in [0.2, 0.25) is 0 Å². The molecule has 4 aliphatic rings. The highest BCUT2D eigenvalue weighted by Gasteiger charge is 2.30. The van der Waals surface area contributed by atoms with Crippen LogP contribution in [0.15, 0.2) is 127 Å². The highest BCUT2D eigenvalue weighted by Crippen LogP contribution is 2.22. The number of morpholine rings is 1. The molecule has 0 atom stereocenters. The summed E-state index contributed by atoms with van der Waals surface area (Å²) in [5.41, 5.74) is 0.543. The van der Waals surface area contributed by atoms with Crippen LogP contribution in [-0.4, -0.2) is 205 Å². The van der Waals surface area contributed by atoms with Crippen molar-refractivity contribution in [3.05, 3.63) is 196 Å². The number of hydrogen-bond acceptors (Lipinski definition) is 11. The lowest BCUT2D eigenvalue weighted by molar-refractivity contribution is 0.0299. The van der Waals surface area contributed by atoms with Gasteiger partial charge in [0.1, 0.15) is 34.9 Å². The smallest absolute Gasteiger partial charge is 0.340 e. The molecule has 6 aromatic carbocycles. The van der Waals surface area contributed by atoms with E-state index in [4.69, 9.17) is 9.84 Å². The van der Waals surface area contributed by atoms with E-state index in [1.165, 1.54) is 115 Å². The molecular weight excluding hydrogens is 1190 g/mol. The van der Waals surface area contributed by atoms with Gasteiger partial charge in [-0.15, -0.1) is 0 Å². The van der Waals surface area contributed by atoms with Crippen LogP contribution in [0.25, 0.3) is 0 Å². The fourth-order valence-corrected chi connectivity index (χ4v) is 9.70. The fraction of sp³-hybridized carbons (Fsp3) is 0.274. The number of hydrogen-bond donors (Lipinski definition) is 4. The van der Waals surface area contributed by atoms with E-state index in [-0.39, 0.29) is 115 Å². The summed E-state index contributed by atoms with van der Waals surface area (Å²) in [4.78, 5) is 120. The third kappa shape index (κ3) is 17.2. The molecule has 10 amide bonds. The lowest BCUT2D eigenvalue weighted by Crippen LogP contribution is -2.51. The van der Waals surface area contributed by atoms with Gasteiger partial charge in [0.25, 0.3) is 23.6 Å². The molecule has 472 valence electrons. The third-order valence-corrected chi connectivity index (χ3v) is 14.6. The average Bonchev–Trinajstić information content (AvgIpc) is 2.80. The van der Waals surface area contributed by atoms with Gasteiger partial charge >= 0.3 is 30.0 Å². The average molecular weight is 1250 g/mol. The van der Waals surface area contributed by atoms with Crippen molar-refractivity contribution in [1.29, 1.82) is 0 Å². The number of carboxylic acid groups (broad SMARTS) is 1. The van der Waals surface area contributed by atoms with Crippen molar-refractivity contribution in [2.45, 2.75) is 0 Å². The zero-order chi connectivity index (χ0) is 64.6. The summed E-state index contributed by atoms with van der Waals surface area (Å²) in [6.45, 7) is 4.98. The summed E-state index contributed by atoms with van der Waals surface area (Å²) in [5, 5.41) is 16.5. The van der Waals surface area contributed by atoms with Crippen LogP contribution in [0.5, 0.6) is 0 Å². The van der Waals surface area contributed by atoms with E-state index in [0.29, 0.717) is 52.5 Å². The van der Waals surface area contributed by atoms with Gasteiger partial charge in [0.15, 0.2) is 0 Å². The predicted molar refractivity (Wildman–Crippen MR) is 313 cm³/mol. The molecule has 0 spiro atoms. The van der Waals surface area contributed by atoms with Crippen molar-refractivity contribution < 1.29 is 84.1 Å². The van der Waals surface area contributed by atoms with Crippen LogP contribution in [0.4, 0.5) is 57.8 Å². The van der Waals surface area contributed by atoms with Crippen molar-refractivity contribution in [2.24, 2.45) is 0 Å². The number of benzene rings is 6. The number of urea groups is 3. The van der Waals surface area contributed by atoms with Gasteiger partial charge in [-0.2, -0.15) is 0 Å². The van der Waals surface area contributed by atoms with E-state index >= 15 is 0 Å². The van der Waals surface area contributed by atoms with Crippen LogP contribution < -0.4 is 16.0 Å². The molecule has 0 aromatic heterocycles. The Hall–Kier alpha value is -10.5. The molecule has 90 heavy (non-hydrogen) atoms. The minimum Gasteiger partial charge on any atom is -0.478 e. The second-order valence-corrected chi connectivity index (χ2v) is 20.4. The van der Waals surface area contributed by atoms with E-state index in [2.05, 4.69) is 20.7 Å². The number of aromatic carboxylic acids is 1. The van der Waals surface area contributed by atoms with Crippen LogP contribution in [0.1, 0.15) is 62.1 Å². The largest absolute Gasteiger partial charge is 0.478 e. The maximum Gasteiger partial charge on any atom is 0.340 e. The number of methoxy groups -OCH3 is 1. The SMILES string of the molecule is COC(=O)c1ccc(NC(=O)N2CCN(C(=O)c3cccc(F)c3)CC2)cc1F.O=C(Nc1ccc(C(=O)N2CCOCC2)c(F)c1)N1CCN(C(=O)c2cccc(F)c2)CC1.O=C(O)c1ccc(NC(=O)N2CCN(C(=O)c3cccc(F)c3)CC2)cc1F. The molecule has 4 saturated heterocycles. The van der Waals surface area contributed by atoms with Gasteiger partial charge in [0.05, 0.1) is 37.0 Å². The topological polar surface area (TPSA) is 251 Å². The maximum absolute atomic E-state index is 14.6. The molecule has 0 saturated carbocycles. The van der Waals surface area contributed by atoms with Crippen molar-refractivity contribution in [3.63, 3.8) is 0 Å². The van der Waals surface area contributed by atoms with Crippen LogP contribution in [-0.2, 0) is 9.47 Å². The second-order valence-electron chi connectivity index (χ2n) is 20.4. The molecule has 4 aliphatic heterocycles. The summed E-state index contributed by atoms with van der Waals surface area (Å²) in [5.74, 6) is -7.45. The number of esters is 1. The Kier molecular flexibility index (Phi) is 22.1. The summed E-state index contributed by atoms with van der Waals surface area (Å²) in [7, 11) is 1.15. The zero-order valence-electron chi connectivity index (χ0n) is 48.3. The molecule has 4 fully saturated rings. The number of nitrogens with one attached hydrogen (secondary N) is 3. The zero-order valence-corrected chi connectivity index (χ0v) is 48.3. The minimum atomic E-state index is -1.39. The number of amides is 10. The first-order valence-electron chi connectivity index (χ1n) is 28.1. The molecule has 10 rings (SSSR count). The van der Waals surface area contributed by atoms with E-state index in [1.54, 1.807) is 15.9 Å². The van der Waals surface area contributed by atoms with Gasteiger partial charge in [-0.3, -0.25) is 19.2 Å². The maximum atomic E-state index is 14.6. The number of nitrogens with zero attached hydrogens (tertiary/aromatic N) is 7. The van der Waals surface area contributed by atoms with E-state index < -0.39 is 76.4 Å². The van der Waals surface area contributed by atoms with Crippen molar-refractivity contribution in [3.8, 4) is 0 Å². The quantitative estimate of drug-likeness (QED) is 0.0799. The Balaban J connectivity index is 0.000000175. The molecule has 0 unspecified atom stereocenters. The monoisotopic (exact) mass is 1250 g/mol. The van der Waals surface area contributed by atoms with Crippen molar-refractivity contribution >= 4 is 70.7 Å². The molecule has 6 aromatic rings. The number of carboxylic acids is 1. The first-order chi connectivity index (χ1) is 43.1. The molecule has 0 aliphatic carbocycles. The summed E-state index contributed by atoms with van der Waals surface area (Å²) in [6, 6.07) is 25.9. The Morgan fingerprint density at radius 3 is 0.978 bits per heavy atom. The van der Waals surface area contributed by atoms with Crippen LogP contribution in [0, 0.1) is 34.9 Å². The van der Waals surface area contributed by atoms with Gasteiger partial charge in [-0.05, 0) is 109 Å². The fourth-order valence-electron chi connectivity index (χ4n) is 9.70. The minimum absolute atomic E-state index is 0.0561. The molecule has 4 heterocycles. The van der Waals surface area contributed by atoms with Crippen LogP contribution in [0.3, 0.4) is 0 Å². The summed E-state index contributed by atoms with van der Waals surface area (Å²) in [6.07, 6.45) is 0. The van der Waals surface area contributed by atoms with Gasteiger partial charge in [-0.1, -0.05) is 18.2 Å². The molecule has 28 heteroatoms. The highest BCUT2D eigenvalue weighted by atomic mass is 19.1. The summed E-state index contributed by atoms with van der Waals surface area (Å²) < 4.78 is 91.9. The van der Waals surface area contributed by atoms with Crippen molar-refractivity contribution in [2.75, 3.05) is 128 Å². The number of anilines is 3. The molecular formula is C62H60F6N10O12. The molecule has 0 radical (unpaired) electrons. The van der Waals surface area contributed by atoms with E-state index in [1.807, 2.05) is 0 Å². The first kappa shape index (κ1) is 65.5. The Morgan fingerprint density at radius 1 is 0.378 bits per heavy atom. The lowest BCUT2D eigenvalue weighted by Gasteiger charge is -2.34. The van der Waals surface area contributed by atoms with Crippen LogP contribution in [0.2, 0.25) is 0 Å². The van der Waals surface area contributed by atoms with Gasteiger partial charge in [-0.25, -0.2) is 50.3 Å². The molecule has 0 bridgehead atoms. The Morgan fingerprint density at radius 2 is 0.678 bits per heavy atom. The highest BCUT2D eigenvalue weighted by molar-refractivity contribution is 5.98. The predicted octanol–water partition coefficient (Wildman–Crippen LogP) is 7.82. The number of carbonyl (C=O) groups is 9.